The second kappa shape index (κ2) is 6.05. The molecule has 1 saturated heterocycles. The van der Waals surface area contributed by atoms with Crippen LogP contribution in [0.4, 0.5) is 5.13 Å². The van der Waals surface area contributed by atoms with Gasteiger partial charge in [-0.3, -0.25) is 4.79 Å². The van der Waals surface area contributed by atoms with Crippen molar-refractivity contribution >= 4 is 22.6 Å². The van der Waals surface area contributed by atoms with Gasteiger partial charge in [-0.1, -0.05) is 25.9 Å². The molecule has 2 aliphatic rings. The van der Waals surface area contributed by atoms with E-state index >= 15 is 0 Å². The average molecular weight is 362 g/mol. The number of rotatable bonds is 4. The topological polar surface area (TPSA) is 97.0 Å². The van der Waals surface area contributed by atoms with Gasteiger partial charge in [-0.2, -0.15) is 9.36 Å². The van der Waals surface area contributed by atoms with Crippen LogP contribution in [-0.2, 0) is 5.41 Å². The molecule has 0 bridgehead atoms. The first-order valence-corrected chi connectivity index (χ1v) is 9.44. The van der Waals surface area contributed by atoms with Gasteiger partial charge in [0, 0.05) is 29.5 Å². The SMILES string of the molecule is CC(C)(C)c1nsc(N2CCCC2c2nc(C(=O)NC3CC3)no2)n1. The Balaban J connectivity index is 1.52. The highest BCUT2D eigenvalue weighted by Gasteiger charge is 2.35. The molecule has 134 valence electrons. The molecule has 1 aliphatic carbocycles. The molecule has 1 atom stereocenters. The van der Waals surface area contributed by atoms with Crippen LogP contribution in [0.2, 0.25) is 0 Å². The lowest BCUT2D eigenvalue weighted by molar-refractivity contribution is 0.0937. The molecule has 4 rings (SSSR count). The van der Waals surface area contributed by atoms with Gasteiger partial charge >= 0.3 is 0 Å². The van der Waals surface area contributed by atoms with Crippen LogP contribution in [-0.4, -0.2) is 38.0 Å². The van der Waals surface area contributed by atoms with Crippen molar-refractivity contribution in [1.82, 2.24) is 24.8 Å². The van der Waals surface area contributed by atoms with Crippen LogP contribution in [0.15, 0.2) is 4.52 Å². The third-order valence-electron chi connectivity index (χ3n) is 4.43. The largest absolute Gasteiger partial charge is 0.346 e. The van der Waals surface area contributed by atoms with E-state index in [1.807, 2.05) is 0 Å². The summed E-state index contributed by atoms with van der Waals surface area (Å²) in [6.45, 7) is 7.17. The number of nitrogens with one attached hydrogen (secondary N) is 1. The maximum absolute atomic E-state index is 12.1. The minimum Gasteiger partial charge on any atom is -0.346 e. The second-order valence-corrected chi connectivity index (χ2v) is 8.44. The third-order valence-corrected chi connectivity index (χ3v) is 5.18. The fourth-order valence-electron chi connectivity index (χ4n) is 2.83. The van der Waals surface area contributed by atoms with Gasteiger partial charge in [0.2, 0.25) is 11.0 Å². The van der Waals surface area contributed by atoms with Gasteiger partial charge in [-0.25, -0.2) is 4.98 Å². The number of aromatic nitrogens is 4. The van der Waals surface area contributed by atoms with Crippen LogP contribution < -0.4 is 10.2 Å². The number of nitrogens with zero attached hydrogens (tertiary/aromatic N) is 5. The first-order valence-electron chi connectivity index (χ1n) is 8.67. The van der Waals surface area contributed by atoms with E-state index in [0.29, 0.717) is 5.89 Å². The Bertz CT molecular complexity index is 776. The Kier molecular flexibility index (Phi) is 3.98. The van der Waals surface area contributed by atoms with Gasteiger partial charge in [0.05, 0.1) is 0 Å². The first-order chi connectivity index (χ1) is 11.9. The number of hydrogen-bond donors (Lipinski definition) is 1. The Morgan fingerprint density at radius 3 is 2.76 bits per heavy atom. The molecular formula is C16H22N6O2S. The summed E-state index contributed by atoms with van der Waals surface area (Å²) < 4.78 is 9.88. The minimum atomic E-state index is -0.256. The molecule has 3 heterocycles. The van der Waals surface area contributed by atoms with E-state index in [4.69, 9.17) is 9.51 Å². The van der Waals surface area contributed by atoms with E-state index in [1.54, 1.807) is 0 Å². The quantitative estimate of drug-likeness (QED) is 0.892. The van der Waals surface area contributed by atoms with Crippen molar-refractivity contribution in [3.63, 3.8) is 0 Å². The highest BCUT2D eigenvalue weighted by Crippen LogP contribution is 2.37. The number of anilines is 1. The zero-order chi connectivity index (χ0) is 17.6. The summed E-state index contributed by atoms with van der Waals surface area (Å²) >= 11 is 1.40. The van der Waals surface area contributed by atoms with Crippen LogP contribution in [0.3, 0.4) is 0 Å². The van der Waals surface area contributed by atoms with Crippen molar-refractivity contribution in [2.24, 2.45) is 0 Å². The molecule has 1 N–H and O–H groups in total. The van der Waals surface area contributed by atoms with Crippen LogP contribution in [0.1, 0.15) is 74.8 Å². The Morgan fingerprint density at radius 1 is 1.28 bits per heavy atom. The zero-order valence-corrected chi connectivity index (χ0v) is 15.5. The predicted octanol–water partition coefficient (Wildman–Crippen LogP) is 2.45. The monoisotopic (exact) mass is 362 g/mol. The number of amides is 1. The maximum Gasteiger partial charge on any atom is 0.292 e. The molecule has 1 aliphatic heterocycles. The van der Waals surface area contributed by atoms with Gasteiger partial charge in [0.1, 0.15) is 11.9 Å². The van der Waals surface area contributed by atoms with Crippen LogP contribution >= 0.6 is 11.5 Å². The molecule has 2 aromatic heterocycles. The van der Waals surface area contributed by atoms with Crippen molar-refractivity contribution in [3.8, 4) is 0 Å². The zero-order valence-electron chi connectivity index (χ0n) is 14.7. The summed E-state index contributed by atoms with van der Waals surface area (Å²) in [5.41, 5.74) is -0.0808. The van der Waals surface area contributed by atoms with Gasteiger partial charge < -0.3 is 14.7 Å². The number of carbonyl (C=O) groups excluding carboxylic acids is 1. The fourth-order valence-corrected chi connectivity index (χ4v) is 3.76. The summed E-state index contributed by atoms with van der Waals surface area (Å²) in [5, 5.41) is 7.61. The van der Waals surface area contributed by atoms with E-state index in [9.17, 15) is 4.79 Å². The molecule has 0 radical (unpaired) electrons. The van der Waals surface area contributed by atoms with E-state index in [0.717, 1.165) is 43.2 Å². The molecule has 25 heavy (non-hydrogen) atoms. The first kappa shape index (κ1) is 16.4. The number of carbonyl (C=O) groups is 1. The highest BCUT2D eigenvalue weighted by molar-refractivity contribution is 7.09. The Hall–Kier alpha value is -2.03. The molecule has 1 amide bonds. The van der Waals surface area contributed by atoms with Crippen molar-refractivity contribution in [3.05, 3.63) is 17.5 Å². The van der Waals surface area contributed by atoms with Crippen molar-refractivity contribution in [2.75, 3.05) is 11.4 Å². The van der Waals surface area contributed by atoms with E-state index in [1.165, 1.54) is 11.5 Å². The average Bonchev–Trinajstić information content (AvgIpc) is 3.05. The minimum absolute atomic E-state index is 0.0456. The third kappa shape index (κ3) is 3.37. The molecule has 8 nitrogen and oxygen atoms in total. The predicted molar refractivity (Wildman–Crippen MR) is 92.7 cm³/mol. The summed E-state index contributed by atoms with van der Waals surface area (Å²) in [6.07, 6.45) is 3.97. The Labute approximate surface area is 150 Å². The van der Waals surface area contributed by atoms with E-state index in [2.05, 4.69) is 45.5 Å². The molecule has 0 aromatic carbocycles. The highest BCUT2D eigenvalue weighted by atomic mass is 32.1. The van der Waals surface area contributed by atoms with Crippen molar-refractivity contribution in [1.29, 1.82) is 0 Å². The van der Waals surface area contributed by atoms with Crippen molar-refractivity contribution in [2.45, 2.75) is 64.0 Å². The molecular weight excluding hydrogens is 340 g/mol. The summed E-state index contributed by atoms with van der Waals surface area (Å²) in [6, 6.07) is 0.227. The summed E-state index contributed by atoms with van der Waals surface area (Å²) in [4.78, 5) is 23.2. The molecule has 0 spiro atoms. The molecule has 1 saturated carbocycles. The lowest BCUT2D eigenvalue weighted by Gasteiger charge is -2.20. The van der Waals surface area contributed by atoms with Crippen LogP contribution in [0, 0.1) is 0 Å². The van der Waals surface area contributed by atoms with Crippen molar-refractivity contribution < 1.29 is 9.32 Å². The van der Waals surface area contributed by atoms with Gasteiger partial charge in [0.25, 0.3) is 11.7 Å². The van der Waals surface area contributed by atoms with Crippen LogP contribution in [0.25, 0.3) is 0 Å². The number of hydrogen-bond acceptors (Lipinski definition) is 8. The molecule has 1 unspecified atom stereocenters. The van der Waals surface area contributed by atoms with Gasteiger partial charge in [0.15, 0.2) is 0 Å². The normalized spacial score (nSPS) is 20.9. The molecule has 2 aromatic rings. The maximum atomic E-state index is 12.1. The summed E-state index contributed by atoms with van der Waals surface area (Å²) in [7, 11) is 0. The second-order valence-electron chi connectivity index (χ2n) is 7.71. The van der Waals surface area contributed by atoms with Crippen LogP contribution in [0.5, 0.6) is 0 Å². The van der Waals surface area contributed by atoms with E-state index in [-0.39, 0.29) is 29.2 Å². The van der Waals surface area contributed by atoms with E-state index < -0.39 is 0 Å². The molecule has 2 fully saturated rings. The fraction of sp³-hybridized carbons (Fsp3) is 0.688. The molecule has 9 heteroatoms. The lowest BCUT2D eigenvalue weighted by Crippen LogP contribution is -2.27. The van der Waals surface area contributed by atoms with Gasteiger partial charge in [-0.15, -0.1) is 0 Å². The smallest absolute Gasteiger partial charge is 0.292 e. The standard InChI is InChI=1S/C16H22N6O2S/c1-16(2,3)14-19-15(25-21-14)22-8-4-5-10(22)13-18-11(20-24-13)12(23)17-9-6-7-9/h9-10H,4-8H2,1-3H3,(H,17,23). The summed E-state index contributed by atoms with van der Waals surface area (Å²) in [5.74, 6) is 1.17. The van der Waals surface area contributed by atoms with Gasteiger partial charge in [-0.05, 0) is 25.7 Å². The lowest BCUT2D eigenvalue weighted by atomic mass is 9.96. The Morgan fingerprint density at radius 2 is 2.08 bits per heavy atom.